The Kier molecular flexibility index (Phi) is 56.8. The van der Waals surface area contributed by atoms with Gasteiger partial charge in [0.1, 0.15) is 23.5 Å². The van der Waals surface area contributed by atoms with Crippen LogP contribution >= 0.6 is 11.6 Å². The van der Waals surface area contributed by atoms with E-state index in [9.17, 15) is 76.7 Å². The number of hydrogen-bond donors (Lipinski definition) is 6. The molecule has 40 heteroatoms. The van der Waals surface area contributed by atoms with E-state index in [1.807, 2.05) is 32.3 Å². The summed E-state index contributed by atoms with van der Waals surface area (Å²) in [6.07, 6.45) is 19.0. The van der Waals surface area contributed by atoms with E-state index in [0.717, 1.165) is 118 Å². The maximum Gasteiger partial charge on any atom is 1.00 e. The van der Waals surface area contributed by atoms with Crippen molar-refractivity contribution in [3.63, 3.8) is 0 Å². The van der Waals surface area contributed by atoms with E-state index >= 15 is 0 Å². The quantitative estimate of drug-likeness (QED) is 0.0107. The zero-order valence-corrected chi connectivity index (χ0v) is 71.6. The number of aryl methyl sites for hydroxylation is 2. The standard InChI is InChI=1S/C17H24N2O4.C15H19NO5.C13H15NO5.C11H15NO2.C7H11NO3.C6H11NO2.C5H6O2.C4H5ClO3.CH2O2.CH4.2Li.2H2O/c1-10-12(16(22)23-5)11-8-6-7-9-19(11)13(10)14(20)15(21)18-17(2,3)4;1-4-21-15(19)13(17)12-9(2)11(14(18)20-3)10-7-5-6-8-16(10)12;1-7-9(13(18)19-2)8-5-3-4-6-14(8)10(7)11(15)12(16)17;1-8-7-12-6-4-3-5-9(12)10(8)11(13)14-2;9-5-8-4-2-1-3-6(8)7(10)11;8-6(9)5-3-1-2-4-7-5;1-3-4-5(6)7-2;1-2-8-4(7)3(5)6;2-1-3;;;;;/h6-9H2,1-5H3,(H,18,21);4-8H2,1-3H3;3-6H2,1-2H3,(H,16,17);7H,3-6H2,1-2H3;5-6H,1-4H2,(H,10,11);5,7H,1-4H2,(H,8,9);1-2H3;2H2,1H3;1H,(H,2,3);1H4;;;2*1H2/q;;;;;;;;;;2*+1;;/p-2. The van der Waals surface area contributed by atoms with Crippen LogP contribution in [0.3, 0.4) is 0 Å². The van der Waals surface area contributed by atoms with Crippen LogP contribution < -0.4 is 48.4 Å². The number of esters is 7. The van der Waals surface area contributed by atoms with Crippen molar-refractivity contribution in [1.29, 1.82) is 0 Å². The van der Waals surface area contributed by atoms with Gasteiger partial charge in [-0.05, 0) is 219 Å². The van der Waals surface area contributed by atoms with Crippen LogP contribution in [-0.2, 0) is 133 Å². The summed E-state index contributed by atoms with van der Waals surface area (Å²) >= 11 is 4.69. The van der Waals surface area contributed by atoms with E-state index in [2.05, 4.69) is 42.7 Å². The molecule has 10 rings (SSSR count). The van der Waals surface area contributed by atoms with Crippen molar-refractivity contribution in [3.8, 4) is 11.8 Å². The van der Waals surface area contributed by atoms with Gasteiger partial charge in [0.05, 0.1) is 76.7 Å². The Bertz CT molecular complexity index is 4240. The summed E-state index contributed by atoms with van der Waals surface area (Å²) in [7, 11) is 6.64. The summed E-state index contributed by atoms with van der Waals surface area (Å²) < 4.78 is 39.7. The number of fused-ring (bicyclic) bond motifs is 4. The fourth-order valence-electron chi connectivity index (χ4n) is 13.4. The van der Waals surface area contributed by atoms with E-state index in [1.165, 1.54) is 53.3 Å². The molecule has 2 unspecified atom stereocenters. The summed E-state index contributed by atoms with van der Waals surface area (Å²) in [6, 6.07) is -0.861. The molecule has 2 saturated heterocycles. The molecule has 4 aromatic rings. The SMILES string of the molecule is C.CC#CC(=O)OC.CCOC(=O)C(=O)Cl.CCOC(=O)C(=O)c1c(C)c(C(=O)OC)c2n1CCCC2.COC(=O)c1c(C)c(C(=O)C(=O)NC(C)(C)C)n2c1CCCC2.COC(=O)c1c(C)c(C(=O)C(=O)O)n2c1CCCC2.COC(=O)c1c(C)cn2c1CCCC2.O=C(O)C1CCCCN1.O=CN1CCCCC1C(=O)O.O=CO.[Li+].[Li+].[OH-].[OH-]. The third-order valence-corrected chi connectivity index (χ3v) is 18.6. The number of carbonyl (C=O) groups excluding carboxylic acids is 13. The number of amides is 2. The number of nitrogens with one attached hydrogen (secondary N) is 2. The molecule has 2 atom stereocenters. The van der Waals surface area contributed by atoms with Crippen LogP contribution in [0.15, 0.2) is 6.20 Å². The van der Waals surface area contributed by atoms with E-state index in [1.54, 1.807) is 50.7 Å². The Morgan fingerprint density at radius 3 is 1.23 bits per heavy atom. The number of aromatic nitrogens is 4. The van der Waals surface area contributed by atoms with Crippen LogP contribution in [0.25, 0.3) is 0 Å². The maximum atomic E-state index is 12.7. The summed E-state index contributed by atoms with van der Waals surface area (Å²) in [6.45, 7) is 21.6. The van der Waals surface area contributed by atoms with Gasteiger partial charge in [-0.1, -0.05) is 19.8 Å². The van der Waals surface area contributed by atoms with Gasteiger partial charge in [0.2, 0.25) is 6.41 Å². The zero-order valence-electron chi connectivity index (χ0n) is 70.9. The summed E-state index contributed by atoms with van der Waals surface area (Å²) in [5.74, 6) is -5.47. The molecule has 2 fully saturated rings. The summed E-state index contributed by atoms with van der Waals surface area (Å²) in [5.41, 5.74) is 8.02. The molecule has 0 radical (unpaired) electrons. The van der Waals surface area contributed by atoms with Gasteiger partial charge in [0.25, 0.3) is 29.7 Å². The molecule has 10 heterocycles. The third-order valence-electron chi connectivity index (χ3n) is 18.4. The zero-order chi connectivity index (χ0) is 87.1. The second-order valence-electron chi connectivity index (χ2n) is 27.2. The maximum absolute atomic E-state index is 12.7. The van der Waals surface area contributed by atoms with Crippen molar-refractivity contribution in [2.24, 2.45) is 0 Å². The number of piperidine rings is 2. The Morgan fingerprint density at radius 1 is 0.533 bits per heavy atom. The van der Waals surface area contributed by atoms with Crippen LogP contribution in [0, 0.1) is 39.5 Å². The van der Waals surface area contributed by atoms with Crippen molar-refractivity contribution in [3.05, 3.63) is 90.6 Å². The molecule has 0 saturated carbocycles. The number of carbonyl (C=O) groups is 17. The average molecular weight is 1700 g/mol. The molecule has 6 aliphatic heterocycles. The first-order valence-corrected chi connectivity index (χ1v) is 37.7. The normalized spacial score (nSPS) is 14.3. The minimum absolute atomic E-state index is 0. The van der Waals surface area contributed by atoms with E-state index in [0.29, 0.717) is 103 Å². The summed E-state index contributed by atoms with van der Waals surface area (Å²) in [5, 5.41) is 37.4. The predicted octanol–water partition coefficient (Wildman–Crippen LogP) is 1.57. The van der Waals surface area contributed by atoms with Crippen LogP contribution in [0.5, 0.6) is 0 Å². The molecular weight excluding hydrogens is 1590 g/mol. The minimum Gasteiger partial charge on any atom is -0.870 e. The van der Waals surface area contributed by atoms with Gasteiger partial charge in [-0.3, -0.25) is 38.4 Å². The molecule has 2 amide bonds. The molecule has 0 spiro atoms. The first-order chi connectivity index (χ1) is 54.4. The third kappa shape index (κ3) is 33.8. The molecule has 658 valence electrons. The van der Waals surface area contributed by atoms with Crippen LogP contribution in [0.4, 0.5) is 0 Å². The number of ether oxygens (including phenoxy) is 7. The topological polar surface area (TPSA) is 543 Å². The van der Waals surface area contributed by atoms with Gasteiger partial charge in [-0.15, -0.1) is 0 Å². The Morgan fingerprint density at radius 2 is 0.917 bits per heavy atom. The van der Waals surface area contributed by atoms with E-state index in [-0.39, 0.29) is 99.2 Å². The van der Waals surface area contributed by atoms with Crippen LogP contribution in [0.1, 0.15) is 257 Å². The fraction of sp³-hybridized carbons (Fsp3) is 0.562. The number of methoxy groups -OCH3 is 5. The fourth-order valence-corrected chi connectivity index (χ4v) is 13.5. The largest absolute Gasteiger partial charge is 1.00 e. The second kappa shape index (κ2) is 58.7. The van der Waals surface area contributed by atoms with Crippen molar-refractivity contribution >= 4 is 113 Å². The smallest absolute Gasteiger partial charge is 0.870 e. The molecule has 0 bridgehead atoms. The van der Waals surface area contributed by atoms with Gasteiger partial charge in [-0.25, -0.2) is 43.2 Å². The number of carboxylic acids is 3. The molecule has 0 aromatic carbocycles. The number of hydrogen-bond acceptors (Lipinski definition) is 27. The molecule has 0 aliphatic carbocycles. The first-order valence-electron chi connectivity index (χ1n) is 37.3. The molecular formula is C80H114ClLi2N7O30. The average Bonchev–Trinajstić information content (AvgIpc) is 1.62. The first kappa shape index (κ1) is 116. The van der Waals surface area contributed by atoms with Gasteiger partial charge in [0, 0.05) is 73.2 Å². The Balaban J connectivity index is -0.000000652. The van der Waals surface area contributed by atoms with Crippen molar-refractivity contribution in [2.45, 2.75) is 236 Å². The van der Waals surface area contributed by atoms with Gasteiger partial charge >= 0.3 is 103 Å². The van der Waals surface area contributed by atoms with Crippen molar-refractivity contribution in [1.82, 2.24) is 33.8 Å². The predicted molar refractivity (Wildman–Crippen MR) is 423 cm³/mol. The Hall–Kier alpha value is -10.2. The van der Waals surface area contributed by atoms with Gasteiger partial charge in [-0.2, -0.15) is 0 Å². The number of aliphatic carboxylic acids is 3. The van der Waals surface area contributed by atoms with Crippen LogP contribution in [0.2, 0.25) is 0 Å². The second-order valence-corrected chi connectivity index (χ2v) is 27.5. The van der Waals surface area contributed by atoms with Gasteiger partial charge < -0.3 is 98.3 Å². The number of carboxylic acid groups (broad SMARTS) is 4. The van der Waals surface area contributed by atoms with Crippen LogP contribution in [-0.4, -0.2) is 235 Å². The van der Waals surface area contributed by atoms with Crippen molar-refractivity contribution in [2.75, 3.05) is 61.9 Å². The molecule has 120 heavy (non-hydrogen) atoms. The molecule has 8 N–H and O–H groups in total. The molecule has 6 aliphatic rings. The van der Waals surface area contributed by atoms with Gasteiger partial charge in [0.15, 0.2) is 0 Å². The number of rotatable bonds is 16. The molecule has 4 aromatic heterocycles. The number of halogens is 1. The summed E-state index contributed by atoms with van der Waals surface area (Å²) in [4.78, 5) is 190. The number of likely N-dealkylation sites (tertiary alicyclic amines) is 1. The number of ketones is 3. The minimum atomic E-state index is -1.51. The van der Waals surface area contributed by atoms with E-state index < -0.39 is 93.8 Å². The number of nitrogens with zero attached hydrogens (tertiary/aromatic N) is 5. The molecule has 37 nitrogen and oxygen atoms in total. The Labute approximate surface area is 726 Å². The van der Waals surface area contributed by atoms with E-state index in [4.69, 9.17) is 60.5 Å². The monoisotopic (exact) mass is 1700 g/mol. The van der Waals surface area contributed by atoms with Crippen molar-refractivity contribution < 1.29 is 184 Å². The number of Topliss-reactive ketones (excluding diaryl/α,β-unsaturated/α-hetero) is 3.